The lowest BCUT2D eigenvalue weighted by molar-refractivity contribution is 0.530. The average molecular weight is 453 g/mol. The third-order valence-corrected chi connectivity index (χ3v) is 12.3. The van der Waals surface area contributed by atoms with Crippen LogP contribution >= 0.6 is 0 Å². The molecule has 0 aliphatic heterocycles. The van der Waals surface area contributed by atoms with Gasteiger partial charge in [0, 0.05) is 0 Å². The Balaban J connectivity index is 2.61. The van der Waals surface area contributed by atoms with E-state index in [1.165, 1.54) is 86.2 Å². The predicted octanol–water partition coefficient (Wildman–Crippen LogP) is 7.48. The third-order valence-electron chi connectivity index (χ3n) is 7.26. The molecule has 0 bridgehead atoms. The van der Waals surface area contributed by atoms with E-state index in [0.29, 0.717) is 6.98 Å². The number of fused-ring (bicyclic) bond motifs is 1. The highest BCUT2D eigenvalue weighted by Crippen LogP contribution is 2.39. The fourth-order valence-corrected chi connectivity index (χ4v) is 10.8. The van der Waals surface area contributed by atoms with Crippen LogP contribution in [0.1, 0.15) is 76.8 Å². The van der Waals surface area contributed by atoms with Crippen molar-refractivity contribution in [3.63, 3.8) is 0 Å². The summed E-state index contributed by atoms with van der Waals surface area (Å²) in [6.07, 6.45) is 10.6. The van der Waals surface area contributed by atoms with E-state index in [1.807, 2.05) is 0 Å². The highest BCUT2D eigenvalue weighted by molar-refractivity contribution is 6.84. The van der Waals surface area contributed by atoms with Crippen LogP contribution < -0.4 is 0 Å². The Labute approximate surface area is 201 Å². The molecule has 0 unspecified atom stereocenters. The van der Waals surface area contributed by atoms with Gasteiger partial charge in [0.2, 0.25) is 0 Å². The van der Waals surface area contributed by atoms with Gasteiger partial charge in [0.1, 0.15) is 0 Å². The fourth-order valence-electron chi connectivity index (χ4n) is 5.38. The van der Waals surface area contributed by atoms with E-state index in [9.17, 15) is 0 Å². The van der Waals surface area contributed by atoms with Gasteiger partial charge < -0.3 is 9.62 Å². The molecule has 0 fully saturated rings. The first-order valence-electron chi connectivity index (χ1n) is 13.2. The van der Waals surface area contributed by atoms with E-state index in [-0.39, 0.29) is 0 Å². The van der Waals surface area contributed by atoms with Crippen molar-refractivity contribution in [3.05, 3.63) is 52.6 Å². The van der Waals surface area contributed by atoms with Crippen LogP contribution in [-0.2, 0) is 6.42 Å². The lowest BCUT2D eigenvalue weighted by Crippen LogP contribution is -2.44. The summed E-state index contributed by atoms with van der Waals surface area (Å²) in [6, 6.07) is 13.6. The van der Waals surface area contributed by atoms with Crippen LogP contribution in [0.15, 0.2) is 41.5 Å². The molecule has 4 heteroatoms. The highest BCUT2D eigenvalue weighted by Gasteiger charge is 2.32. The van der Waals surface area contributed by atoms with Crippen LogP contribution in [0.3, 0.4) is 0 Å². The average Bonchev–Trinajstić information content (AvgIpc) is 2.78. The topological polar surface area (TPSA) is 6.48 Å². The predicted molar refractivity (Wildman–Crippen MR) is 149 cm³/mol. The van der Waals surface area contributed by atoms with E-state index < -0.39 is 8.07 Å². The van der Waals surface area contributed by atoms with Crippen LogP contribution in [0.2, 0.25) is 18.1 Å². The lowest BCUT2D eigenvalue weighted by atomic mass is 9.68. The lowest BCUT2D eigenvalue weighted by Gasteiger charge is -2.33. The molecule has 1 aromatic rings. The molecule has 1 aliphatic rings. The molecule has 32 heavy (non-hydrogen) atoms. The summed E-state index contributed by atoms with van der Waals surface area (Å²) >= 11 is 0. The second-order valence-electron chi connectivity index (χ2n) is 10.4. The van der Waals surface area contributed by atoms with Gasteiger partial charge in [-0.2, -0.15) is 0 Å². The van der Waals surface area contributed by atoms with Crippen molar-refractivity contribution in [1.82, 2.24) is 9.62 Å². The number of hydrogen-bond acceptors (Lipinski definition) is 2. The first-order chi connectivity index (χ1) is 15.4. The van der Waals surface area contributed by atoms with Gasteiger partial charge in [-0.25, -0.2) is 0 Å². The molecule has 0 saturated carbocycles. The molecule has 0 N–H and O–H groups in total. The minimum Gasteiger partial charge on any atom is -0.330 e. The third kappa shape index (κ3) is 7.46. The summed E-state index contributed by atoms with van der Waals surface area (Å²) in [5.74, 6) is 2.54. The van der Waals surface area contributed by atoms with Crippen LogP contribution in [-0.4, -0.2) is 52.9 Å². The van der Waals surface area contributed by atoms with E-state index in [0.717, 1.165) is 0 Å². The molecular weight excluding hydrogens is 403 g/mol. The molecule has 178 valence electrons. The normalized spacial score (nSPS) is 16.9. The molecule has 0 aromatic heterocycles. The fraction of sp³-hybridized carbons (Fsp3) is 0.643. The van der Waals surface area contributed by atoms with Gasteiger partial charge in [-0.15, -0.1) is 0 Å². The van der Waals surface area contributed by atoms with Crippen molar-refractivity contribution in [2.45, 2.75) is 90.3 Å². The van der Waals surface area contributed by atoms with Crippen LogP contribution in [0.5, 0.6) is 0 Å². The zero-order valence-corrected chi connectivity index (χ0v) is 23.2. The van der Waals surface area contributed by atoms with Crippen molar-refractivity contribution in [2.75, 3.05) is 28.2 Å². The Kier molecular flexibility index (Phi) is 11.5. The molecule has 0 atom stereocenters. The number of nitrogens with zero attached hydrogens (tertiary/aromatic N) is 2. The van der Waals surface area contributed by atoms with E-state index >= 15 is 0 Å². The second kappa shape index (κ2) is 13.6. The van der Waals surface area contributed by atoms with E-state index in [4.69, 9.17) is 0 Å². The molecule has 2 rings (SSSR count). The maximum Gasteiger partial charge on any atom is 0.338 e. The molecule has 0 spiro atoms. The standard InChI is InChI=1S/C28H49BN2Si/c1-8-11-20-32(21-12-9-2,22-13-10-3)24-26-19-18-25-16-14-15-17-27(25)28(26)23-29(30(4)5)31(6)7/h14-17,23-24H,8-13,18-22H2,1-7H3. The number of allylic oxidation sites excluding steroid dienone is 2. The van der Waals surface area contributed by atoms with Crippen LogP contribution in [0.4, 0.5) is 0 Å². The highest BCUT2D eigenvalue weighted by atomic mass is 28.3. The minimum absolute atomic E-state index is 0.303. The zero-order chi connectivity index (χ0) is 23.6. The smallest absolute Gasteiger partial charge is 0.330 e. The molecule has 1 aromatic carbocycles. The number of hydrogen-bond donors (Lipinski definition) is 0. The van der Waals surface area contributed by atoms with Gasteiger partial charge >= 0.3 is 6.98 Å². The number of benzene rings is 1. The Hall–Kier alpha value is -1.10. The number of rotatable bonds is 13. The van der Waals surface area contributed by atoms with E-state index in [1.54, 1.807) is 5.57 Å². The van der Waals surface area contributed by atoms with Crippen molar-refractivity contribution in [1.29, 1.82) is 0 Å². The molecule has 0 amide bonds. The quantitative estimate of drug-likeness (QED) is 0.286. The molecular formula is C28H49BN2Si. The van der Waals surface area contributed by atoms with Gasteiger partial charge in [-0.1, -0.05) is 113 Å². The van der Waals surface area contributed by atoms with Crippen molar-refractivity contribution < 1.29 is 0 Å². The van der Waals surface area contributed by atoms with Crippen molar-refractivity contribution >= 4 is 20.6 Å². The van der Waals surface area contributed by atoms with Crippen molar-refractivity contribution in [3.8, 4) is 0 Å². The molecule has 2 nitrogen and oxygen atoms in total. The summed E-state index contributed by atoms with van der Waals surface area (Å²) < 4.78 is 0. The maximum absolute atomic E-state index is 2.91. The summed E-state index contributed by atoms with van der Waals surface area (Å²) in [7, 11) is 7.34. The van der Waals surface area contributed by atoms with E-state index in [2.05, 4.69) is 94.5 Å². The van der Waals surface area contributed by atoms with Gasteiger partial charge in [-0.3, -0.25) is 0 Å². The Morgan fingerprint density at radius 2 is 1.34 bits per heavy atom. The van der Waals surface area contributed by atoms with Gasteiger partial charge in [-0.05, 0) is 63.3 Å². The van der Waals surface area contributed by atoms with Crippen molar-refractivity contribution in [2.24, 2.45) is 0 Å². The SMILES string of the molecule is CCCC[Si](C=C1CCc2ccccc2C1=CB(N(C)C)N(C)C)(CCCC)CCCC. The molecule has 0 heterocycles. The summed E-state index contributed by atoms with van der Waals surface area (Å²) in [5, 5.41) is 0. The second-order valence-corrected chi connectivity index (χ2v) is 14.9. The molecule has 0 radical (unpaired) electrons. The minimum atomic E-state index is -1.44. The number of unbranched alkanes of at least 4 members (excludes halogenated alkanes) is 3. The van der Waals surface area contributed by atoms with Gasteiger partial charge in [0.25, 0.3) is 0 Å². The largest absolute Gasteiger partial charge is 0.338 e. The first kappa shape index (κ1) is 27.1. The maximum atomic E-state index is 2.91. The Morgan fingerprint density at radius 3 is 1.84 bits per heavy atom. The summed E-state index contributed by atoms with van der Waals surface area (Å²) in [4.78, 5) is 4.66. The van der Waals surface area contributed by atoms with Crippen LogP contribution in [0, 0.1) is 0 Å². The van der Waals surface area contributed by atoms with Gasteiger partial charge in [0.05, 0.1) is 8.07 Å². The van der Waals surface area contributed by atoms with Gasteiger partial charge in [0.15, 0.2) is 0 Å². The number of aryl methyl sites for hydroxylation is 1. The summed E-state index contributed by atoms with van der Waals surface area (Å²) in [6.45, 7) is 7.41. The molecule has 1 aliphatic carbocycles. The zero-order valence-electron chi connectivity index (χ0n) is 22.2. The van der Waals surface area contributed by atoms with Crippen LogP contribution in [0.25, 0.3) is 5.57 Å². The monoisotopic (exact) mass is 452 g/mol. The Morgan fingerprint density at radius 1 is 0.812 bits per heavy atom. The summed E-state index contributed by atoms with van der Waals surface area (Å²) in [5.41, 5.74) is 9.09. The molecule has 0 saturated heterocycles. The Bertz CT molecular complexity index is 724. The first-order valence-corrected chi connectivity index (χ1v) is 15.9.